The van der Waals surface area contributed by atoms with Crippen molar-refractivity contribution in [2.45, 2.75) is 25.7 Å². The SMILES string of the molecule is COc1ccc2ccnc(NCCCCCCCl)c2c1. The molecule has 0 saturated carbocycles. The Labute approximate surface area is 125 Å². The Morgan fingerprint density at radius 3 is 2.80 bits per heavy atom. The van der Waals surface area contributed by atoms with Crippen molar-refractivity contribution >= 4 is 28.2 Å². The van der Waals surface area contributed by atoms with Crippen molar-refractivity contribution in [3.63, 3.8) is 0 Å². The number of benzene rings is 1. The number of unbranched alkanes of at least 4 members (excludes halogenated alkanes) is 3. The first-order chi connectivity index (χ1) is 9.85. The maximum atomic E-state index is 5.67. The number of fused-ring (bicyclic) bond motifs is 1. The van der Waals surface area contributed by atoms with Gasteiger partial charge in [0.15, 0.2) is 0 Å². The van der Waals surface area contributed by atoms with Gasteiger partial charge in [-0.1, -0.05) is 18.9 Å². The average Bonchev–Trinajstić information content (AvgIpc) is 2.50. The third kappa shape index (κ3) is 4.01. The normalized spacial score (nSPS) is 10.7. The predicted molar refractivity (Wildman–Crippen MR) is 86.0 cm³/mol. The zero-order valence-electron chi connectivity index (χ0n) is 11.9. The van der Waals surface area contributed by atoms with Crippen molar-refractivity contribution < 1.29 is 4.74 Å². The zero-order valence-corrected chi connectivity index (χ0v) is 12.6. The van der Waals surface area contributed by atoms with Crippen molar-refractivity contribution in [2.24, 2.45) is 0 Å². The van der Waals surface area contributed by atoms with E-state index in [1.807, 2.05) is 24.4 Å². The van der Waals surface area contributed by atoms with Crippen LogP contribution in [0, 0.1) is 0 Å². The number of rotatable bonds is 8. The lowest BCUT2D eigenvalue weighted by Gasteiger charge is -2.09. The Kier molecular flexibility index (Phi) is 5.93. The molecule has 108 valence electrons. The minimum atomic E-state index is 0.762. The Bertz CT molecular complexity index is 545. The molecule has 0 fully saturated rings. The third-order valence-electron chi connectivity index (χ3n) is 3.33. The van der Waals surface area contributed by atoms with Crippen LogP contribution >= 0.6 is 11.6 Å². The number of hydrogen-bond donors (Lipinski definition) is 1. The van der Waals surface area contributed by atoms with Crippen molar-refractivity contribution in [1.29, 1.82) is 0 Å². The second-order valence-electron chi connectivity index (χ2n) is 4.78. The van der Waals surface area contributed by atoms with E-state index in [2.05, 4.69) is 16.4 Å². The number of nitrogens with one attached hydrogen (secondary N) is 1. The van der Waals surface area contributed by atoms with E-state index in [9.17, 15) is 0 Å². The summed E-state index contributed by atoms with van der Waals surface area (Å²) in [5.41, 5.74) is 0. The number of hydrogen-bond acceptors (Lipinski definition) is 3. The van der Waals surface area contributed by atoms with E-state index < -0.39 is 0 Å². The van der Waals surface area contributed by atoms with Gasteiger partial charge >= 0.3 is 0 Å². The monoisotopic (exact) mass is 292 g/mol. The number of ether oxygens (including phenoxy) is 1. The Morgan fingerprint density at radius 1 is 1.15 bits per heavy atom. The number of halogens is 1. The molecule has 0 bridgehead atoms. The van der Waals surface area contributed by atoms with Gasteiger partial charge in [-0.3, -0.25) is 0 Å². The highest BCUT2D eigenvalue weighted by molar-refractivity contribution is 6.17. The molecule has 1 N–H and O–H groups in total. The molecule has 2 rings (SSSR count). The number of nitrogens with zero attached hydrogens (tertiary/aromatic N) is 1. The summed E-state index contributed by atoms with van der Waals surface area (Å²) >= 11 is 5.67. The predicted octanol–water partition coefficient (Wildman–Crippen LogP) is 4.45. The molecule has 20 heavy (non-hydrogen) atoms. The largest absolute Gasteiger partial charge is 0.497 e. The molecule has 0 spiro atoms. The lowest BCUT2D eigenvalue weighted by atomic mass is 10.1. The summed E-state index contributed by atoms with van der Waals surface area (Å²) in [4.78, 5) is 4.43. The Hall–Kier alpha value is -1.48. The van der Waals surface area contributed by atoms with Gasteiger partial charge in [-0.15, -0.1) is 11.6 Å². The fourth-order valence-electron chi connectivity index (χ4n) is 2.20. The summed E-state index contributed by atoms with van der Waals surface area (Å²) in [5.74, 6) is 2.55. The minimum absolute atomic E-state index is 0.762. The quantitative estimate of drug-likeness (QED) is 0.576. The maximum Gasteiger partial charge on any atom is 0.133 e. The molecule has 4 heteroatoms. The van der Waals surface area contributed by atoms with Crippen LogP contribution < -0.4 is 10.1 Å². The molecular formula is C16H21ClN2O. The summed E-state index contributed by atoms with van der Waals surface area (Å²) in [7, 11) is 1.68. The number of aromatic nitrogens is 1. The van der Waals surface area contributed by atoms with Gasteiger partial charge in [0, 0.05) is 24.0 Å². The van der Waals surface area contributed by atoms with Crippen molar-refractivity contribution in [1.82, 2.24) is 4.98 Å². The van der Waals surface area contributed by atoms with Crippen molar-refractivity contribution in [3.05, 3.63) is 30.5 Å². The lowest BCUT2D eigenvalue weighted by molar-refractivity contribution is 0.415. The highest BCUT2D eigenvalue weighted by Crippen LogP contribution is 2.25. The van der Waals surface area contributed by atoms with E-state index in [0.717, 1.165) is 42.2 Å². The van der Waals surface area contributed by atoms with Gasteiger partial charge in [0.2, 0.25) is 0 Å². The molecule has 3 nitrogen and oxygen atoms in total. The van der Waals surface area contributed by atoms with E-state index in [0.29, 0.717) is 0 Å². The van der Waals surface area contributed by atoms with E-state index in [-0.39, 0.29) is 0 Å². The highest BCUT2D eigenvalue weighted by Gasteiger charge is 2.03. The van der Waals surface area contributed by atoms with Gasteiger partial charge in [0.25, 0.3) is 0 Å². The fourth-order valence-corrected chi connectivity index (χ4v) is 2.38. The van der Waals surface area contributed by atoms with Crippen LogP contribution in [0.4, 0.5) is 5.82 Å². The van der Waals surface area contributed by atoms with Gasteiger partial charge in [-0.2, -0.15) is 0 Å². The number of methoxy groups -OCH3 is 1. The van der Waals surface area contributed by atoms with E-state index in [4.69, 9.17) is 16.3 Å². The summed E-state index contributed by atoms with van der Waals surface area (Å²) < 4.78 is 5.28. The van der Waals surface area contributed by atoms with Crippen LogP contribution in [0.25, 0.3) is 10.8 Å². The molecule has 0 saturated heterocycles. The van der Waals surface area contributed by atoms with Gasteiger partial charge in [0.1, 0.15) is 11.6 Å². The van der Waals surface area contributed by atoms with E-state index in [1.54, 1.807) is 7.11 Å². The smallest absolute Gasteiger partial charge is 0.133 e. The van der Waals surface area contributed by atoms with Crippen LogP contribution in [0.15, 0.2) is 30.5 Å². The minimum Gasteiger partial charge on any atom is -0.497 e. The molecule has 1 aromatic carbocycles. The van der Waals surface area contributed by atoms with Crippen LogP contribution in [0.5, 0.6) is 5.75 Å². The van der Waals surface area contributed by atoms with Gasteiger partial charge in [-0.25, -0.2) is 4.98 Å². The van der Waals surface area contributed by atoms with Crippen LogP contribution in [-0.4, -0.2) is 24.5 Å². The molecule has 0 amide bonds. The number of pyridine rings is 1. The second-order valence-corrected chi connectivity index (χ2v) is 5.15. The third-order valence-corrected chi connectivity index (χ3v) is 3.59. The molecule has 0 aliphatic carbocycles. The van der Waals surface area contributed by atoms with Gasteiger partial charge in [-0.05, 0) is 36.4 Å². The molecule has 0 radical (unpaired) electrons. The topological polar surface area (TPSA) is 34.1 Å². The first kappa shape index (κ1) is 14.9. The first-order valence-electron chi connectivity index (χ1n) is 7.08. The van der Waals surface area contributed by atoms with E-state index >= 15 is 0 Å². The molecule has 1 heterocycles. The Morgan fingerprint density at radius 2 is 2.00 bits per heavy atom. The molecule has 0 atom stereocenters. The summed E-state index contributed by atoms with van der Waals surface area (Å²) in [5, 5.41) is 5.69. The van der Waals surface area contributed by atoms with Crippen LogP contribution in [0.3, 0.4) is 0 Å². The van der Waals surface area contributed by atoms with Crippen molar-refractivity contribution in [2.75, 3.05) is 24.9 Å². The van der Waals surface area contributed by atoms with Crippen molar-refractivity contribution in [3.8, 4) is 5.75 Å². The van der Waals surface area contributed by atoms with Crippen LogP contribution in [0.2, 0.25) is 0 Å². The molecule has 1 aromatic heterocycles. The molecule has 0 aliphatic rings. The van der Waals surface area contributed by atoms with Gasteiger partial charge < -0.3 is 10.1 Å². The second kappa shape index (κ2) is 7.95. The van der Waals surface area contributed by atoms with Gasteiger partial charge in [0.05, 0.1) is 7.11 Å². The summed E-state index contributed by atoms with van der Waals surface area (Å²) in [6.45, 7) is 0.936. The molecule has 0 unspecified atom stereocenters. The summed E-state index contributed by atoms with van der Waals surface area (Å²) in [6.07, 6.45) is 6.48. The van der Waals surface area contributed by atoms with Crippen LogP contribution in [0.1, 0.15) is 25.7 Å². The van der Waals surface area contributed by atoms with E-state index in [1.165, 1.54) is 18.2 Å². The number of anilines is 1. The fraction of sp³-hybridized carbons (Fsp3) is 0.438. The molecular weight excluding hydrogens is 272 g/mol. The molecule has 2 aromatic rings. The Balaban J connectivity index is 1.98. The lowest BCUT2D eigenvalue weighted by Crippen LogP contribution is -2.03. The zero-order chi connectivity index (χ0) is 14.2. The maximum absolute atomic E-state index is 5.67. The first-order valence-corrected chi connectivity index (χ1v) is 7.61. The highest BCUT2D eigenvalue weighted by atomic mass is 35.5. The number of alkyl halides is 1. The molecule has 0 aliphatic heterocycles. The summed E-state index contributed by atoms with van der Waals surface area (Å²) in [6, 6.07) is 8.07. The van der Waals surface area contributed by atoms with Crippen LogP contribution in [-0.2, 0) is 0 Å². The standard InChI is InChI=1S/C16H21ClN2O/c1-20-14-7-6-13-8-11-19-16(15(13)12-14)18-10-5-3-2-4-9-17/h6-8,11-12H,2-5,9-10H2,1H3,(H,18,19). The average molecular weight is 293 g/mol.